The van der Waals surface area contributed by atoms with Crippen LogP contribution >= 0.6 is 22.6 Å². The van der Waals surface area contributed by atoms with Crippen molar-refractivity contribution in [3.05, 3.63) is 33.1 Å². The minimum absolute atomic E-state index is 0.0908. The third-order valence-electron chi connectivity index (χ3n) is 1.58. The van der Waals surface area contributed by atoms with Crippen molar-refractivity contribution in [3.8, 4) is 0 Å². The van der Waals surface area contributed by atoms with Gasteiger partial charge in [-0.05, 0) is 40.6 Å². The molecule has 0 heterocycles. The second-order valence-electron chi connectivity index (χ2n) is 2.79. The Morgan fingerprint density at radius 2 is 2.00 bits per heavy atom. The van der Waals surface area contributed by atoms with Crippen molar-refractivity contribution >= 4 is 22.6 Å². The van der Waals surface area contributed by atoms with Crippen molar-refractivity contribution in [2.24, 2.45) is 0 Å². The van der Waals surface area contributed by atoms with E-state index in [0.29, 0.717) is 0 Å². The Morgan fingerprint density at radius 1 is 1.36 bits per heavy atom. The van der Waals surface area contributed by atoms with Gasteiger partial charge >= 0.3 is 0 Å². The molecular formula is C9H10FI. The van der Waals surface area contributed by atoms with E-state index in [9.17, 15) is 4.39 Å². The lowest BCUT2D eigenvalue weighted by Crippen LogP contribution is -1.95. The van der Waals surface area contributed by atoms with E-state index in [1.54, 1.807) is 6.07 Å². The monoisotopic (exact) mass is 264 g/mol. The SMILES string of the molecule is CC(C)c1c(F)cccc1I. The molecule has 0 radical (unpaired) electrons. The molecule has 0 amide bonds. The van der Waals surface area contributed by atoms with Crippen molar-refractivity contribution in [1.82, 2.24) is 0 Å². The first-order chi connectivity index (χ1) is 5.13. The Hall–Kier alpha value is -0.120. The maximum Gasteiger partial charge on any atom is 0.127 e. The summed E-state index contributed by atoms with van der Waals surface area (Å²) in [6.45, 7) is 4.00. The van der Waals surface area contributed by atoms with Crippen molar-refractivity contribution in [1.29, 1.82) is 0 Å². The van der Waals surface area contributed by atoms with Crippen LogP contribution in [0.3, 0.4) is 0 Å². The minimum atomic E-state index is -0.0908. The quantitative estimate of drug-likeness (QED) is 0.680. The summed E-state index contributed by atoms with van der Waals surface area (Å²) in [5, 5.41) is 0. The highest BCUT2D eigenvalue weighted by Gasteiger charge is 2.08. The molecule has 11 heavy (non-hydrogen) atoms. The van der Waals surface area contributed by atoms with Gasteiger partial charge in [-0.3, -0.25) is 0 Å². The van der Waals surface area contributed by atoms with Crippen LogP contribution in [0.2, 0.25) is 0 Å². The highest BCUT2D eigenvalue weighted by Crippen LogP contribution is 2.23. The highest BCUT2D eigenvalue weighted by atomic mass is 127. The summed E-state index contributed by atoms with van der Waals surface area (Å²) < 4.78 is 14.1. The first kappa shape index (κ1) is 8.97. The second kappa shape index (κ2) is 3.52. The summed E-state index contributed by atoms with van der Waals surface area (Å²) in [5.41, 5.74) is 0.827. The molecular weight excluding hydrogens is 254 g/mol. The normalized spacial score (nSPS) is 10.6. The van der Waals surface area contributed by atoms with Crippen LogP contribution in [-0.4, -0.2) is 0 Å². The fourth-order valence-electron chi connectivity index (χ4n) is 1.06. The number of benzene rings is 1. The van der Waals surface area contributed by atoms with E-state index in [2.05, 4.69) is 22.6 Å². The van der Waals surface area contributed by atoms with Crippen LogP contribution in [0, 0.1) is 9.39 Å². The van der Waals surface area contributed by atoms with Crippen LogP contribution in [0.25, 0.3) is 0 Å². The number of hydrogen-bond donors (Lipinski definition) is 0. The molecule has 0 spiro atoms. The predicted octanol–water partition coefficient (Wildman–Crippen LogP) is 3.55. The molecule has 0 fully saturated rings. The van der Waals surface area contributed by atoms with Gasteiger partial charge < -0.3 is 0 Å². The van der Waals surface area contributed by atoms with Gasteiger partial charge in [0, 0.05) is 9.13 Å². The summed E-state index contributed by atoms with van der Waals surface area (Å²) in [6.07, 6.45) is 0. The zero-order chi connectivity index (χ0) is 8.43. The minimum Gasteiger partial charge on any atom is -0.207 e. The molecule has 60 valence electrons. The Labute approximate surface area is 80.0 Å². The second-order valence-corrected chi connectivity index (χ2v) is 3.95. The van der Waals surface area contributed by atoms with E-state index < -0.39 is 0 Å². The summed E-state index contributed by atoms with van der Waals surface area (Å²) in [7, 11) is 0. The van der Waals surface area contributed by atoms with Gasteiger partial charge in [-0.1, -0.05) is 19.9 Å². The largest absolute Gasteiger partial charge is 0.207 e. The maximum atomic E-state index is 13.1. The molecule has 0 aliphatic rings. The predicted molar refractivity (Wildman–Crippen MR) is 53.2 cm³/mol. The standard InChI is InChI=1S/C9H10FI/c1-6(2)9-7(10)4-3-5-8(9)11/h3-6H,1-2H3. The Kier molecular flexibility index (Phi) is 2.87. The molecule has 1 rings (SSSR count). The van der Waals surface area contributed by atoms with E-state index in [1.165, 1.54) is 6.07 Å². The zero-order valence-electron chi connectivity index (χ0n) is 6.57. The average Bonchev–Trinajstić information content (AvgIpc) is 1.85. The third-order valence-corrected chi connectivity index (χ3v) is 2.52. The molecule has 0 aromatic heterocycles. The Balaban J connectivity index is 3.21. The van der Waals surface area contributed by atoms with E-state index >= 15 is 0 Å². The molecule has 1 aromatic rings. The fourth-order valence-corrected chi connectivity index (χ4v) is 2.15. The van der Waals surface area contributed by atoms with Crippen LogP contribution in [0.5, 0.6) is 0 Å². The molecule has 0 aliphatic heterocycles. The van der Waals surface area contributed by atoms with E-state index in [4.69, 9.17) is 0 Å². The van der Waals surface area contributed by atoms with Crippen LogP contribution < -0.4 is 0 Å². The summed E-state index contributed by atoms with van der Waals surface area (Å²) in [5.74, 6) is 0.176. The maximum absolute atomic E-state index is 13.1. The van der Waals surface area contributed by atoms with E-state index in [1.807, 2.05) is 19.9 Å². The van der Waals surface area contributed by atoms with Gasteiger partial charge in [0.2, 0.25) is 0 Å². The van der Waals surface area contributed by atoms with Gasteiger partial charge in [-0.2, -0.15) is 0 Å². The van der Waals surface area contributed by atoms with Gasteiger partial charge in [0.25, 0.3) is 0 Å². The molecule has 0 aliphatic carbocycles. The third kappa shape index (κ3) is 1.92. The van der Waals surface area contributed by atoms with Gasteiger partial charge in [0.05, 0.1) is 0 Å². The fraction of sp³-hybridized carbons (Fsp3) is 0.333. The van der Waals surface area contributed by atoms with Crippen LogP contribution in [0.1, 0.15) is 25.3 Å². The van der Waals surface area contributed by atoms with Gasteiger partial charge in [0.1, 0.15) is 5.82 Å². The van der Waals surface area contributed by atoms with Crippen molar-refractivity contribution in [2.75, 3.05) is 0 Å². The molecule has 0 atom stereocenters. The molecule has 0 bridgehead atoms. The summed E-state index contributed by atoms with van der Waals surface area (Å²) in [6, 6.07) is 5.18. The molecule has 0 saturated heterocycles. The van der Waals surface area contributed by atoms with E-state index in [0.717, 1.165) is 9.13 Å². The Morgan fingerprint density at radius 3 is 2.36 bits per heavy atom. The first-order valence-electron chi connectivity index (χ1n) is 3.57. The molecule has 0 N–H and O–H groups in total. The molecule has 1 aromatic carbocycles. The van der Waals surface area contributed by atoms with Gasteiger partial charge in [-0.25, -0.2) is 4.39 Å². The van der Waals surface area contributed by atoms with E-state index in [-0.39, 0.29) is 11.7 Å². The molecule has 0 nitrogen and oxygen atoms in total. The van der Waals surface area contributed by atoms with Crippen LogP contribution in [0.15, 0.2) is 18.2 Å². The smallest absolute Gasteiger partial charge is 0.127 e. The number of halogens is 2. The summed E-state index contributed by atoms with van der Waals surface area (Å²) in [4.78, 5) is 0. The lowest BCUT2D eigenvalue weighted by atomic mass is 10.0. The number of hydrogen-bond acceptors (Lipinski definition) is 0. The van der Waals surface area contributed by atoms with Gasteiger partial charge in [0.15, 0.2) is 0 Å². The average molecular weight is 264 g/mol. The molecule has 2 heteroatoms. The molecule has 0 unspecified atom stereocenters. The summed E-state index contributed by atoms with van der Waals surface area (Å²) >= 11 is 2.16. The Bertz CT molecular complexity index is 235. The van der Waals surface area contributed by atoms with Crippen LogP contribution in [0.4, 0.5) is 4.39 Å². The van der Waals surface area contributed by atoms with Crippen molar-refractivity contribution in [2.45, 2.75) is 19.8 Å². The highest BCUT2D eigenvalue weighted by molar-refractivity contribution is 14.1. The van der Waals surface area contributed by atoms with Gasteiger partial charge in [-0.15, -0.1) is 0 Å². The lowest BCUT2D eigenvalue weighted by Gasteiger charge is -2.08. The first-order valence-corrected chi connectivity index (χ1v) is 4.64. The van der Waals surface area contributed by atoms with Crippen molar-refractivity contribution in [3.63, 3.8) is 0 Å². The molecule has 0 saturated carbocycles. The van der Waals surface area contributed by atoms with Crippen molar-refractivity contribution < 1.29 is 4.39 Å². The lowest BCUT2D eigenvalue weighted by molar-refractivity contribution is 0.596. The zero-order valence-corrected chi connectivity index (χ0v) is 8.72. The van der Waals surface area contributed by atoms with Crippen LogP contribution in [-0.2, 0) is 0 Å². The number of rotatable bonds is 1. The topological polar surface area (TPSA) is 0 Å².